The second-order valence-corrected chi connectivity index (χ2v) is 8.54. The summed E-state index contributed by atoms with van der Waals surface area (Å²) in [5.74, 6) is 0.746. The molecule has 162 valence electrons. The van der Waals surface area contributed by atoms with Crippen LogP contribution in [0.25, 0.3) is 0 Å². The molecule has 7 heteroatoms. The minimum atomic E-state index is 0.0595. The molecule has 0 bridgehead atoms. The molecule has 4 rings (SSSR count). The summed E-state index contributed by atoms with van der Waals surface area (Å²) in [5.41, 5.74) is 5.19. The molecule has 1 aromatic heterocycles. The Kier molecular flexibility index (Phi) is 6.22. The smallest absolute Gasteiger partial charge is 0.259 e. The van der Waals surface area contributed by atoms with Crippen molar-refractivity contribution in [1.82, 2.24) is 19.4 Å². The van der Waals surface area contributed by atoms with E-state index in [0.29, 0.717) is 6.67 Å². The van der Waals surface area contributed by atoms with Crippen LogP contribution in [0, 0.1) is 27.7 Å². The van der Waals surface area contributed by atoms with E-state index in [0.717, 1.165) is 75.4 Å². The lowest BCUT2D eigenvalue weighted by molar-refractivity contribution is 0.0354. The second kappa shape index (κ2) is 8.88. The summed E-state index contributed by atoms with van der Waals surface area (Å²) in [4.78, 5) is 24.8. The molecule has 3 heterocycles. The van der Waals surface area contributed by atoms with Crippen molar-refractivity contribution in [3.63, 3.8) is 0 Å². The topological polar surface area (TPSA) is 53.8 Å². The van der Waals surface area contributed by atoms with Crippen LogP contribution in [-0.4, -0.2) is 65.4 Å². The van der Waals surface area contributed by atoms with Crippen molar-refractivity contribution in [2.24, 2.45) is 0 Å². The van der Waals surface area contributed by atoms with E-state index in [9.17, 15) is 4.79 Å². The first-order chi connectivity index (χ1) is 14.4. The number of aryl methyl sites for hydroxylation is 3. The quantitative estimate of drug-likeness (QED) is 0.754. The average Bonchev–Trinajstić information content (AvgIpc) is 2.75. The van der Waals surface area contributed by atoms with Crippen molar-refractivity contribution in [3.8, 4) is 0 Å². The zero-order chi connectivity index (χ0) is 21.3. The van der Waals surface area contributed by atoms with Gasteiger partial charge in [-0.25, -0.2) is 4.98 Å². The summed E-state index contributed by atoms with van der Waals surface area (Å²) >= 11 is 0. The number of anilines is 2. The number of hydrogen-bond donors (Lipinski definition) is 0. The van der Waals surface area contributed by atoms with Crippen LogP contribution in [0.2, 0.25) is 0 Å². The fourth-order valence-corrected chi connectivity index (χ4v) is 4.16. The third kappa shape index (κ3) is 4.29. The number of benzene rings is 1. The number of ether oxygens (including phenoxy) is 1. The average molecular weight is 412 g/mol. The highest BCUT2D eigenvalue weighted by Gasteiger charge is 2.27. The molecular weight excluding hydrogens is 378 g/mol. The number of aromatic nitrogens is 2. The normalized spacial score (nSPS) is 17.9. The predicted octanol–water partition coefficient (Wildman–Crippen LogP) is 2.57. The molecule has 2 aliphatic heterocycles. The molecule has 0 N–H and O–H groups in total. The first kappa shape index (κ1) is 21.0. The van der Waals surface area contributed by atoms with Gasteiger partial charge in [-0.2, -0.15) is 0 Å². The Labute approximate surface area is 178 Å². The molecule has 7 nitrogen and oxygen atoms in total. The molecule has 0 aliphatic carbocycles. The van der Waals surface area contributed by atoms with Gasteiger partial charge in [0, 0.05) is 36.6 Å². The lowest BCUT2D eigenvalue weighted by atomic mass is 10.1. The van der Waals surface area contributed by atoms with Gasteiger partial charge in [-0.3, -0.25) is 24.1 Å². The maximum absolute atomic E-state index is 13.0. The number of rotatable bonds is 5. The highest BCUT2D eigenvalue weighted by Crippen LogP contribution is 2.29. The Morgan fingerprint density at radius 2 is 1.70 bits per heavy atom. The van der Waals surface area contributed by atoms with Crippen LogP contribution in [0.1, 0.15) is 28.8 Å². The lowest BCUT2D eigenvalue weighted by Gasteiger charge is -2.39. The van der Waals surface area contributed by atoms with E-state index in [2.05, 4.69) is 46.7 Å². The molecule has 2 aromatic rings. The van der Waals surface area contributed by atoms with E-state index < -0.39 is 0 Å². The fourth-order valence-electron chi connectivity index (χ4n) is 4.16. The van der Waals surface area contributed by atoms with Gasteiger partial charge in [-0.1, -0.05) is 6.07 Å². The zero-order valence-corrected chi connectivity index (χ0v) is 18.6. The minimum absolute atomic E-state index is 0.0595. The van der Waals surface area contributed by atoms with Crippen LogP contribution < -0.4 is 10.5 Å². The number of morpholine rings is 1. The van der Waals surface area contributed by atoms with Gasteiger partial charge in [0.2, 0.25) is 5.95 Å². The van der Waals surface area contributed by atoms with E-state index >= 15 is 0 Å². The van der Waals surface area contributed by atoms with Crippen molar-refractivity contribution in [2.45, 2.75) is 40.8 Å². The molecule has 1 fully saturated rings. The van der Waals surface area contributed by atoms with E-state index in [1.54, 1.807) is 0 Å². The summed E-state index contributed by atoms with van der Waals surface area (Å²) in [6.45, 7) is 15.1. The minimum Gasteiger partial charge on any atom is -0.379 e. The van der Waals surface area contributed by atoms with Crippen LogP contribution in [-0.2, 0) is 11.4 Å². The molecule has 0 amide bonds. The molecule has 30 heavy (non-hydrogen) atoms. The van der Waals surface area contributed by atoms with Gasteiger partial charge in [0.25, 0.3) is 5.56 Å². The number of hydrogen-bond acceptors (Lipinski definition) is 6. The maximum atomic E-state index is 13.0. The molecule has 1 saturated heterocycles. The monoisotopic (exact) mass is 411 g/mol. The highest BCUT2D eigenvalue weighted by molar-refractivity contribution is 5.60. The molecule has 0 radical (unpaired) electrons. The van der Waals surface area contributed by atoms with Crippen molar-refractivity contribution in [2.75, 3.05) is 51.0 Å². The Bertz CT molecular complexity index is 965. The van der Waals surface area contributed by atoms with E-state index in [1.807, 2.05) is 18.4 Å². The molecule has 0 saturated carbocycles. The van der Waals surface area contributed by atoms with Gasteiger partial charge in [0.1, 0.15) is 0 Å². The molecule has 0 spiro atoms. The molecule has 2 aliphatic rings. The first-order valence-corrected chi connectivity index (χ1v) is 10.9. The van der Waals surface area contributed by atoms with Crippen LogP contribution in [0.5, 0.6) is 0 Å². The van der Waals surface area contributed by atoms with Crippen molar-refractivity contribution in [1.29, 1.82) is 0 Å². The Hall–Kier alpha value is -2.22. The van der Waals surface area contributed by atoms with Crippen LogP contribution >= 0.6 is 0 Å². The van der Waals surface area contributed by atoms with Gasteiger partial charge < -0.3 is 4.74 Å². The molecule has 1 aromatic carbocycles. The summed E-state index contributed by atoms with van der Waals surface area (Å²) in [7, 11) is 0. The summed E-state index contributed by atoms with van der Waals surface area (Å²) in [5, 5.41) is 0. The molecular formula is C23H33N5O2. The predicted molar refractivity (Wildman–Crippen MR) is 119 cm³/mol. The lowest BCUT2D eigenvalue weighted by Crippen LogP contribution is -2.48. The zero-order valence-electron chi connectivity index (χ0n) is 18.6. The summed E-state index contributed by atoms with van der Waals surface area (Å²) < 4.78 is 7.28. The van der Waals surface area contributed by atoms with Crippen LogP contribution in [0.15, 0.2) is 23.0 Å². The standard InChI is InChI=1S/C23H33N5O2/c1-17-6-7-21(14-18(17)2)27-15-26(9-5-8-25-10-12-30-13-11-25)16-28-22(29)19(3)20(4)24-23(27)28/h6-7,14H,5,8-13,15-16H2,1-4H3. The Balaban J connectivity index is 1.58. The highest BCUT2D eigenvalue weighted by atomic mass is 16.5. The van der Waals surface area contributed by atoms with E-state index in [4.69, 9.17) is 9.72 Å². The van der Waals surface area contributed by atoms with E-state index in [1.165, 1.54) is 11.1 Å². The van der Waals surface area contributed by atoms with Gasteiger partial charge in [0.15, 0.2) is 0 Å². The number of nitrogens with zero attached hydrogens (tertiary/aromatic N) is 5. The van der Waals surface area contributed by atoms with Crippen molar-refractivity contribution < 1.29 is 4.74 Å². The Morgan fingerprint density at radius 3 is 2.43 bits per heavy atom. The van der Waals surface area contributed by atoms with Crippen LogP contribution in [0.3, 0.4) is 0 Å². The number of fused-ring (bicyclic) bond motifs is 1. The van der Waals surface area contributed by atoms with Gasteiger partial charge in [-0.05, 0) is 63.9 Å². The SMILES string of the molecule is Cc1ccc(N2CN(CCCN3CCOCC3)Cn3c2nc(C)c(C)c3=O)cc1C. The third-order valence-corrected chi connectivity index (χ3v) is 6.40. The summed E-state index contributed by atoms with van der Waals surface area (Å²) in [6, 6.07) is 6.47. The molecule has 0 unspecified atom stereocenters. The van der Waals surface area contributed by atoms with Crippen LogP contribution in [0.4, 0.5) is 11.6 Å². The summed E-state index contributed by atoms with van der Waals surface area (Å²) in [6.07, 6.45) is 1.07. The maximum Gasteiger partial charge on any atom is 0.259 e. The Morgan fingerprint density at radius 1 is 0.967 bits per heavy atom. The van der Waals surface area contributed by atoms with Crippen molar-refractivity contribution in [3.05, 3.63) is 50.9 Å². The van der Waals surface area contributed by atoms with E-state index in [-0.39, 0.29) is 5.56 Å². The van der Waals surface area contributed by atoms with Crippen molar-refractivity contribution >= 4 is 11.6 Å². The largest absolute Gasteiger partial charge is 0.379 e. The van der Waals surface area contributed by atoms with Gasteiger partial charge in [-0.15, -0.1) is 0 Å². The van der Waals surface area contributed by atoms with Gasteiger partial charge >= 0.3 is 0 Å². The second-order valence-electron chi connectivity index (χ2n) is 8.54. The first-order valence-electron chi connectivity index (χ1n) is 10.9. The molecule has 0 atom stereocenters. The third-order valence-electron chi connectivity index (χ3n) is 6.40. The van der Waals surface area contributed by atoms with Gasteiger partial charge in [0.05, 0.1) is 26.6 Å². The fraction of sp³-hybridized carbons (Fsp3) is 0.565.